The summed E-state index contributed by atoms with van der Waals surface area (Å²) in [4.78, 5) is 10.9. The van der Waals surface area contributed by atoms with Crippen molar-refractivity contribution < 1.29 is 13.2 Å². The summed E-state index contributed by atoms with van der Waals surface area (Å²) in [6.07, 6.45) is -3.01. The number of anilines is 1. The second-order valence-electron chi connectivity index (χ2n) is 4.10. The van der Waals surface area contributed by atoms with Crippen LogP contribution in [-0.2, 0) is 0 Å². The Labute approximate surface area is 112 Å². The molecule has 104 valence electrons. The highest BCUT2D eigenvalue weighted by molar-refractivity contribution is 7.18. The third-order valence-corrected chi connectivity index (χ3v) is 3.46. The standard InChI is InChI=1S/C11H13F3N4S/c1-7-4-8-9(16-6-17-10(8)19-7)18(3-2-15)5-11(12,13)14/h4,6H,2-3,5,15H2,1H3. The van der Waals surface area contributed by atoms with Gasteiger partial charge in [0, 0.05) is 18.0 Å². The van der Waals surface area contributed by atoms with Crippen LogP contribution in [0.2, 0.25) is 0 Å². The van der Waals surface area contributed by atoms with Crippen LogP contribution in [0.4, 0.5) is 19.0 Å². The van der Waals surface area contributed by atoms with Crippen LogP contribution in [0.15, 0.2) is 12.4 Å². The molecule has 0 fully saturated rings. The van der Waals surface area contributed by atoms with E-state index in [1.807, 2.05) is 6.92 Å². The average Bonchev–Trinajstić information content (AvgIpc) is 2.66. The van der Waals surface area contributed by atoms with E-state index in [2.05, 4.69) is 9.97 Å². The highest BCUT2D eigenvalue weighted by Gasteiger charge is 2.31. The Morgan fingerprint density at radius 3 is 2.74 bits per heavy atom. The number of aryl methyl sites for hydroxylation is 1. The van der Waals surface area contributed by atoms with Gasteiger partial charge < -0.3 is 10.6 Å². The lowest BCUT2D eigenvalue weighted by Gasteiger charge is -2.24. The van der Waals surface area contributed by atoms with E-state index in [0.29, 0.717) is 10.2 Å². The third-order valence-electron chi connectivity index (χ3n) is 2.50. The minimum atomic E-state index is -4.29. The molecule has 0 amide bonds. The second-order valence-corrected chi connectivity index (χ2v) is 5.33. The largest absolute Gasteiger partial charge is 0.405 e. The lowest BCUT2D eigenvalue weighted by molar-refractivity contribution is -0.119. The molecule has 2 rings (SSSR count). The predicted molar refractivity (Wildman–Crippen MR) is 69.5 cm³/mol. The number of nitrogens with zero attached hydrogens (tertiary/aromatic N) is 3. The van der Waals surface area contributed by atoms with Crippen molar-refractivity contribution in [2.45, 2.75) is 13.1 Å². The van der Waals surface area contributed by atoms with Crippen LogP contribution in [0.1, 0.15) is 4.88 Å². The van der Waals surface area contributed by atoms with E-state index in [9.17, 15) is 13.2 Å². The molecule has 0 aliphatic heterocycles. The van der Waals surface area contributed by atoms with E-state index < -0.39 is 12.7 Å². The molecule has 2 N–H and O–H groups in total. The Hall–Kier alpha value is -1.41. The number of hydrogen-bond donors (Lipinski definition) is 1. The van der Waals surface area contributed by atoms with Crippen molar-refractivity contribution in [2.75, 3.05) is 24.5 Å². The van der Waals surface area contributed by atoms with Gasteiger partial charge in [-0.3, -0.25) is 0 Å². The topological polar surface area (TPSA) is 55.0 Å². The van der Waals surface area contributed by atoms with E-state index in [0.717, 1.165) is 9.78 Å². The summed E-state index contributed by atoms with van der Waals surface area (Å²) >= 11 is 1.43. The highest BCUT2D eigenvalue weighted by Crippen LogP contribution is 2.31. The summed E-state index contributed by atoms with van der Waals surface area (Å²) in [5.41, 5.74) is 5.39. The Bertz CT molecular complexity index is 567. The molecule has 2 aromatic rings. The fourth-order valence-corrected chi connectivity index (χ4v) is 2.69. The zero-order chi connectivity index (χ0) is 14.0. The van der Waals surface area contributed by atoms with Crippen LogP contribution in [-0.4, -0.2) is 35.8 Å². The normalized spacial score (nSPS) is 12.1. The van der Waals surface area contributed by atoms with Crippen LogP contribution in [0.25, 0.3) is 10.2 Å². The molecule has 0 saturated heterocycles. The average molecular weight is 290 g/mol. The summed E-state index contributed by atoms with van der Waals surface area (Å²) < 4.78 is 37.8. The minimum Gasteiger partial charge on any atom is -0.346 e. The van der Waals surface area contributed by atoms with Gasteiger partial charge >= 0.3 is 6.18 Å². The lowest BCUT2D eigenvalue weighted by Crippen LogP contribution is -2.38. The third kappa shape index (κ3) is 3.32. The first kappa shape index (κ1) is 14.0. The molecule has 2 heterocycles. The van der Waals surface area contributed by atoms with Crippen LogP contribution in [0.5, 0.6) is 0 Å². The fraction of sp³-hybridized carbons (Fsp3) is 0.455. The van der Waals surface area contributed by atoms with Gasteiger partial charge in [0.25, 0.3) is 0 Å². The predicted octanol–water partition coefficient (Wildman–Crippen LogP) is 2.33. The molecule has 4 nitrogen and oxygen atoms in total. The maximum atomic E-state index is 12.6. The first-order valence-electron chi connectivity index (χ1n) is 5.63. The van der Waals surface area contributed by atoms with Crippen LogP contribution >= 0.6 is 11.3 Å². The van der Waals surface area contributed by atoms with Crippen molar-refractivity contribution in [2.24, 2.45) is 5.73 Å². The molecular formula is C11H13F3N4S. The van der Waals surface area contributed by atoms with Gasteiger partial charge in [0.15, 0.2) is 0 Å². The molecule has 0 aromatic carbocycles. The first-order chi connectivity index (χ1) is 8.90. The first-order valence-corrected chi connectivity index (χ1v) is 6.45. The van der Waals surface area contributed by atoms with Gasteiger partial charge in [0.05, 0.1) is 5.39 Å². The van der Waals surface area contributed by atoms with Gasteiger partial charge in [0.1, 0.15) is 23.5 Å². The van der Waals surface area contributed by atoms with Gasteiger partial charge in [0.2, 0.25) is 0 Å². The number of nitrogens with two attached hydrogens (primary N) is 1. The number of rotatable bonds is 4. The highest BCUT2D eigenvalue weighted by atomic mass is 32.1. The van der Waals surface area contributed by atoms with Crippen LogP contribution in [0.3, 0.4) is 0 Å². The molecule has 0 spiro atoms. The van der Waals surface area contributed by atoms with Gasteiger partial charge in [-0.1, -0.05) is 0 Å². The summed E-state index contributed by atoms with van der Waals surface area (Å²) in [5, 5.41) is 0.641. The molecule has 2 aromatic heterocycles. The number of hydrogen-bond acceptors (Lipinski definition) is 5. The number of aromatic nitrogens is 2. The Balaban J connectivity index is 2.43. The minimum absolute atomic E-state index is 0.0977. The molecule has 0 bridgehead atoms. The van der Waals surface area contributed by atoms with Crippen molar-refractivity contribution in [3.8, 4) is 0 Å². The summed E-state index contributed by atoms with van der Waals surface area (Å²) in [6.45, 7) is 1.05. The van der Waals surface area contributed by atoms with E-state index in [-0.39, 0.29) is 18.9 Å². The van der Waals surface area contributed by atoms with Crippen molar-refractivity contribution in [3.05, 3.63) is 17.3 Å². The van der Waals surface area contributed by atoms with Crippen molar-refractivity contribution in [1.29, 1.82) is 0 Å². The Kier molecular flexibility index (Phi) is 3.91. The number of fused-ring (bicyclic) bond motifs is 1. The van der Waals surface area contributed by atoms with E-state index in [1.165, 1.54) is 17.7 Å². The smallest absolute Gasteiger partial charge is 0.346 e. The molecule has 0 atom stereocenters. The van der Waals surface area contributed by atoms with E-state index >= 15 is 0 Å². The zero-order valence-corrected chi connectivity index (χ0v) is 11.1. The number of thiophene rings is 1. The molecule has 8 heteroatoms. The molecular weight excluding hydrogens is 277 g/mol. The van der Waals surface area contributed by atoms with Crippen molar-refractivity contribution >= 4 is 27.4 Å². The summed E-state index contributed by atoms with van der Waals surface area (Å²) in [7, 11) is 0. The lowest BCUT2D eigenvalue weighted by atomic mass is 10.3. The van der Waals surface area contributed by atoms with Gasteiger partial charge in [-0.25, -0.2) is 9.97 Å². The number of alkyl halides is 3. The molecule has 0 radical (unpaired) electrons. The molecule has 0 aliphatic rings. The van der Waals surface area contributed by atoms with Gasteiger partial charge in [-0.15, -0.1) is 11.3 Å². The monoisotopic (exact) mass is 290 g/mol. The number of halogens is 3. The SMILES string of the molecule is Cc1cc2c(N(CCN)CC(F)(F)F)ncnc2s1. The maximum absolute atomic E-state index is 12.6. The molecule has 0 unspecified atom stereocenters. The van der Waals surface area contributed by atoms with Crippen molar-refractivity contribution in [3.63, 3.8) is 0 Å². The quantitative estimate of drug-likeness (QED) is 0.939. The van der Waals surface area contributed by atoms with Gasteiger partial charge in [-0.2, -0.15) is 13.2 Å². The molecule has 0 saturated carbocycles. The summed E-state index contributed by atoms with van der Waals surface area (Å²) in [6, 6.07) is 1.80. The molecule has 0 aliphatic carbocycles. The van der Waals surface area contributed by atoms with Crippen LogP contribution < -0.4 is 10.6 Å². The fourth-order valence-electron chi connectivity index (χ4n) is 1.85. The summed E-state index contributed by atoms with van der Waals surface area (Å²) in [5.74, 6) is 0.289. The Morgan fingerprint density at radius 1 is 1.37 bits per heavy atom. The maximum Gasteiger partial charge on any atom is 0.405 e. The van der Waals surface area contributed by atoms with Gasteiger partial charge in [-0.05, 0) is 13.0 Å². The van der Waals surface area contributed by atoms with E-state index in [4.69, 9.17) is 5.73 Å². The van der Waals surface area contributed by atoms with E-state index in [1.54, 1.807) is 6.07 Å². The Morgan fingerprint density at radius 2 is 2.11 bits per heavy atom. The van der Waals surface area contributed by atoms with Crippen molar-refractivity contribution in [1.82, 2.24) is 9.97 Å². The zero-order valence-electron chi connectivity index (χ0n) is 10.2. The second kappa shape index (κ2) is 5.30. The molecule has 19 heavy (non-hydrogen) atoms. The van der Waals surface area contributed by atoms with Crippen LogP contribution in [0, 0.1) is 6.92 Å².